The Labute approximate surface area is 178 Å². The summed E-state index contributed by atoms with van der Waals surface area (Å²) in [7, 11) is 0. The molecule has 4 heteroatoms. The average Bonchev–Trinajstić information content (AvgIpc) is 3.08. The van der Waals surface area contributed by atoms with Crippen LogP contribution < -0.4 is 0 Å². The maximum Gasteiger partial charge on any atom is 0.338 e. The summed E-state index contributed by atoms with van der Waals surface area (Å²) in [5.74, 6) is 1.27. The molecule has 30 heavy (non-hydrogen) atoms. The molecule has 1 N–H and O–H groups in total. The van der Waals surface area contributed by atoms with Crippen molar-refractivity contribution >= 4 is 11.8 Å². The normalized spacial score (nSPS) is 44.7. The first-order chi connectivity index (χ1) is 14.3. The van der Waals surface area contributed by atoms with Crippen molar-refractivity contribution in [2.75, 3.05) is 0 Å². The van der Waals surface area contributed by atoms with Crippen LogP contribution in [0.4, 0.5) is 0 Å². The fourth-order valence-electron chi connectivity index (χ4n) is 7.64. The molecule has 1 aromatic carbocycles. The zero-order valence-corrected chi connectivity index (χ0v) is 17.9. The number of ketones is 1. The molecule has 4 aliphatic rings. The van der Waals surface area contributed by atoms with Crippen molar-refractivity contribution in [1.29, 1.82) is 0 Å². The average molecular weight is 409 g/mol. The van der Waals surface area contributed by atoms with Crippen LogP contribution in [0, 0.1) is 34.5 Å². The third kappa shape index (κ3) is 2.83. The van der Waals surface area contributed by atoms with Gasteiger partial charge in [0.05, 0.1) is 5.56 Å². The van der Waals surface area contributed by atoms with Gasteiger partial charge >= 0.3 is 5.97 Å². The SMILES string of the molecule is C[C@]12C=CC(=O)[C@@H](O)[C@@H]1CC[C@@H]1[C@@H]2CC[C@]2(C)[C@@H](OC(=O)c3ccccc3)CC[C@@H]12. The van der Waals surface area contributed by atoms with E-state index >= 15 is 0 Å². The summed E-state index contributed by atoms with van der Waals surface area (Å²) in [6.45, 7) is 4.58. The number of esters is 1. The van der Waals surface area contributed by atoms with Crippen molar-refractivity contribution < 1.29 is 19.4 Å². The molecule has 0 spiro atoms. The summed E-state index contributed by atoms with van der Waals surface area (Å²) >= 11 is 0. The third-order valence-corrected chi connectivity index (χ3v) is 9.30. The minimum Gasteiger partial charge on any atom is -0.458 e. The Morgan fingerprint density at radius 3 is 2.50 bits per heavy atom. The van der Waals surface area contributed by atoms with E-state index in [4.69, 9.17) is 4.74 Å². The fourth-order valence-corrected chi connectivity index (χ4v) is 7.64. The van der Waals surface area contributed by atoms with Crippen molar-refractivity contribution in [2.45, 2.75) is 64.6 Å². The Morgan fingerprint density at radius 1 is 1.00 bits per heavy atom. The van der Waals surface area contributed by atoms with Crippen molar-refractivity contribution in [1.82, 2.24) is 0 Å². The van der Waals surface area contributed by atoms with Crippen LogP contribution in [0.15, 0.2) is 42.5 Å². The van der Waals surface area contributed by atoms with E-state index in [0.717, 1.165) is 38.5 Å². The van der Waals surface area contributed by atoms with Crippen LogP contribution in [-0.2, 0) is 9.53 Å². The summed E-state index contributed by atoms with van der Waals surface area (Å²) in [5.41, 5.74) is 0.523. The van der Waals surface area contributed by atoms with E-state index in [1.807, 2.05) is 30.3 Å². The minimum atomic E-state index is -0.850. The van der Waals surface area contributed by atoms with Gasteiger partial charge in [-0.05, 0) is 79.9 Å². The highest BCUT2D eigenvalue weighted by Gasteiger charge is 2.61. The van der Waals surface area contributed by atoms with E-state index in [2.05, 4.69) is 19.9 Å². The summed E-state index contributed by atoms with van der Waals surface area (Å²) in [6, 6.07) is 9.29. The Morgan fingerprint density at radius 2 is 1.73 bits per heavy atom. The van der Waals surface area contributed by atoms with Gasteiger partial charge in [0.25, 0.3) is 0 Å². The second-order valence-electron chi connectivity index (χ2n) is 10.5. The number of allylic oxidation sites excluding steroid dienone is 1. The number of rotatable bonds is 2. The predicted molar refractivity (Wildman–Crippen MR) is 114 cm³/mol. The molecule has 0 aromatic heterocycles. The second-order valence-corrected chi connectivity index (χ2v) is 10.5. The van der Waals surface area contributed by atoms with Gasteiger partial charge in [0.15, 0.2) is 5.78 Å². The number of ether oxygens (including phenoxy) is 1. The van der Waals surface area contributed by atoms with Crippen LogP contribution in [0.25, 0.3) is 0 Å². The van der Waals surface area contributed by atoms with E-state index in [0.29, 0.717) is 23.3 Å². The van der Waals surface area contributed by atoms with Crippen LogP contribution >= 0.6 is 0 Å². The molecule has 0 aliphatic heterocycles. The Kier molecular flexibility index (Phi) is 4.70. The third-order valence-electron chi connectivity index (χ3n) is 9.30. The molecule has 5 rings (SSSR count). The predicted octanol–water partition coefficient (Wildman–Crippen LogP) is 4.57. The smallest absolute Gasteiger partial charge is 0.338 e. The van der Waals surface area contributed by atoms with Gasteiger partial charge in [0.1, 0.15) is 12.2 Å². The van der Waals surface area contributed by atoms with Gasteiger partial charge in [-0.2, -0.15) is 0 Å². The lowest BCUT2D eigenvalue weighted by Gasteiger charge is -2.59. The van der Waals surface area contributed by atoms with Crippen molar-refractivity contribution in [3.05, 3.63) is 48.0 Å². The van der Waals surface area contributed by atoms with E-state index in [-0.39, 0.29) is 34.6 Å². The zero-order valence-electron chi connectivity index (χ0n) is 17.9. The molecule has 8 atom stereocenters. The lowest BCUT2D eigenvalue weighted by molar-refractivity contribution is -0.142. The molecular formula is C26H32O4. The van der Waals surface area contributed by atoms with Crippen LogP contribution in [-0.4, -0.2) is 29.1 Å². The standard InChI is InChI=1S/C26H32O4/c1-25-15-13-21(27)23(28)20(25)9-8-17-18-10-11-22(26(18,2)14-12-19(17)25)30-24(29)16-6-4-3-5-7-16/h3-7,13,15,17-20,22-23,28H,8-12,14H2,1-2H3/t17-,18-,19-,20-,22-,23-,25+,26-/m0/s1. The number of carbonyl (C=O) groups is 2. The molecule has 0 bridgehead atoms. The quantitative estimate of drug-likeness (QED) is 0.728. The molecule has 3 fully saturated rings. The van der Waals surface area contributed by atoms with Gasteiger partial charge in [-0.3, -0.25) is 4.79 Å². The van der Waals surface area contributed by atoms with Crippen LogP contribution in [0.3, 0.4) is 0 Å². The van der Waals surface area contributed by atoms with Gasteiger partial charge in [0.2, 0.25) is 0 Å². The number of fused-ring (bicyclic) bond motifs is 5. The first kappa shape index (κ1) is 20.0. The second kappa shape index (κ2) is 7.05. The van der Waals surface area contributed by atoms with E-state index in [1.165, 1.54) is 0 Å². The number of aliphatic hydroxyl groups excluding tert-OH is 1. The molecule has 3 saturated carbocycles. The molecular weight excluding hydrogens is 376 g/mol. The van der Waals surface area contributed by atoms with Crippen molar-refractivity contribution in [2.24, 2.45) is 34.5 Å². The van der Waals surface area contributed by atoms with Gasteiger partial charge < -0.3 is 9.84 Å². The minimum absolute atomic E-state index is 0.0155. The van der Waals surface area contributed by atoms with Gasteiger partial charge in [-0.1, -0.05) is 38.1 Å². The van der Waals surface area contributed by atoms with Crippen LogP contribution in [0.5, 0.6) is 0 Å². The highest BCUT2D eigenvalue weighted by molar-refractivity contribution is 5.94. The summed E-state index contributed by atoms with van der Waals surface area (Å²) in [6.07, 6.45) is 8.92. The lowest BCUT2D eigenvalue weighted by Crippen LogP contribution is -2.56. The van der Waals surface area contributed by atoms with E-state index < -0.39 is 6.10 Å². The summed E-state index contributed by atoms with van der Waals surface area (Å²) < 4.78 is 6.07. The fraction of sp³-hybridized carbons (Fsp3) is 0.615. The Bertz CT molecular complexity index is 876. The molecule has 160 valence electrons. The molecule has 4 aliphatic carbocycles. The highest BCUT2D eigenvalue weighted by Crippen LogP contribution is 2.65. The Balaban J connectivity index is 1.37. The number of hydrogen-bond donors (Lipinski definition) is 1. The van der Waals surface area contributed by atoms with Gasteiger partial charge in [-0.25, -0.2) is 4.79 Å². The monoisotopic (exact) mass is 408 g/mol. The Hall–Kier alpha value is -1.94. The van der Waals surface area contributed by atoms with Crippen molar-refractivity contribution in [3.8, 4) is 0 Å². The molecule has 0 radical (unpaired) electrons. The van der Waals surface area contributed by atoms with Crippen LogP contribution in [0.1, 0.15) is 62.7 Å². The molecule has 0 amide bonds. The van der Waals surface area contributed by atoms with E-state index in [1.54, 1.807) is 6.08 Å². The summed E-state index contributed by atoms with van der Waals surface area (Å²) in [4.78, 5) is 24.8. The molecule has 1 aromatic rings. The molecule has 0 heterocycles. The first-order valence-electron chi connectivity index (χ1n) is 11.5. The van der Waals surface area contributed by atoms with E-state index in [9.17, 15) is 14.7 Å². The van der Waals surface area contributed by atoms with Gasteiger partial charge in [-0.15, -0.1) is 0 Å². The first-order valence-corrected chi connectivity index (χ1v) is 11.5. The van der Waals surface area contributed by atoms with Crippen molar-refractivity contribution in [3.63, 3.8) is 0 Å². The molecule has 0 saturated heterocycles. The maximum absolute atomic E-state index is 12.7. The zero-order chi connectivity index (χ0) is 21.1. The number of carbonyl (C=O) groups excluding carboxylic acids is 2. The number of hydrogen-bond acceptors (Lipinski definition) is 4. The highest BCUT2D eigenvalue weighted by atomic mass is 16.5. The maximum atomic E-state index is 12.7. The summed E-state index contributed by atoms with van der Waals surface area (Å²) in [5, 5.41) is 10.6. The number of benzene rings is 1. The topological polar surface area (TPSA) is 63.6 Å². The largest absolute Gasteiger partial charge is 0.458 e. The number of aliphatic hydroxyl groups is 1. The lowest BCUT2D eigenvalue weighted by atomic mass is 9.46. The van der Waals surface area contributed by atoms with Gasteiger partial charge in [0, 0.05) is 11.3 Å². The molecule has 0 unspecified atom stereocenters. The van der Waals surface area contributed by atoms with Crippen LogP contribution in [0.2, 0.25) is 0 Å². The molecule has 4 nitrogen and oxygen atoms in total.